The van der Waals surface area contributed by atoms with E-state index in [0.29, 0.717) is 24.5 Å². The Balaban J connectivity index is 1.71. The number of halogens is 1. The number of carbonyl (C=O) groups excluding carboxylic acids is 1. The van der Waals surface area contributed by atoms with Crippen molar-refractivity contribution in [1.82, 2.24) is 5.32 Å². The van der Waals surface area contributed by atoms with Crippen LogP contribution in [0.3, 0.4) is 0 Å². The minimum atomic E-state index is -0.362. The molecule has 23 heavy (non-hydrogen) atoms. The smallest absolute Gasteiger partial charge is 0.244 e. The molecule has 0 aliphatic heterocycles. The number of amides is 1. The summed E-state index contributed by atoms with van der Waals surface area (Å²) in [6.07, 6.45) is 2.74. The summed E-state index contributed by atoms with van der Waals surface area (Å²) in [5.41, 5.74) is 0.372. The first-order valence-electron chi connectivity index (χ1n) is 7.16. The minimum absolute atomic E-state index is 0.299. The van der Waals surface area contributed by atoms with Crippen molar-refractivity contribution >= 4 is 12.0 Å². The van der Waals surface area contributed by atoms with Crippen molar-refractivity contribution in [3.63, 3.8) is 0 Å². The van der Waals surface area contributed by atoms with Crippen LogP contribution in [0.5, 0.6) is 11.5 Å². The van der Waals surface area contributed by atoms with E-state index < -0.39 is 0 Å². The molecule has 0 bridgehead atoms. The highest BCUT2D eigenvalue weighted by Crippen LogP contribution is 2.16. The van der Waals surface area contributed by atoms with E-state index in [2.05, 4.69) is 5.32 Å². The standard InChI is InChI=1S/C18H18FNO3/c1-22-15-7-9-16(10-8-15)23-13-12-20-18(21)11-6-14-4-2-3-5-17(14)19/h2-11H,12-13H2,1H3,(H,20,21)/b11-6+. The monoisotopic (exact) mass is 315 g/mol. The SMILES string of the molecule is COc1ccc(OCCNC(=O)/C=C/c2ccccc2F)cc1. The fraction of sp³-hybridized carbons (Fsp3) is 0.167. The van der Waals surface area contributed by atoms with Gasteiger partial charge in [0, 0.05) is 11.6 Å². The lowest BCUT2D eigenvalue weighted by molar-refractivity contribution is -0.116. The number of hydrogen-bond acceptors (Lipinski definition) is 3. The summed E-state index contributed by atoms with van der Waals surface area (Å²) in [5, 5.41) is 2.67. The highest BCUT2D eigenvalue weighted by Gasteiger charge is 1.99. The summed E-state index contributed by atoms with van der Waals surface area (Å²) >= 11 is 0. The van der Waals surface area contributed by atoms with Crippen molar-refractivity contribution in [1.29, 1.82) is 0 Å². The van der Waals surface area contributed by atoms with E-state index in [4.69, 9.17) is 9.47 Å². The maximum Gasteiger partial charge on any atom is 0.244 e. The zero-order valence-corrected chi connectivity index (χ0v) is 12.8. The van der Waals surface area contributed by atoms with Crippen molar-refractivity contribution in [2.75, 3.05) is 20.3 Å². The molecule has 0 saturated carbocycles. The van der Waals surface area contributed by atoms with E-state index in [1.807, 2.05) is 0 Å². The van der Waals surface area contributed by atoms with Crippen molar-refractivity contribution in [2.45, 2.75) is 0 Å². The molecule has 0 heterocycles. The van der Waals surface area contributed by atoms with E-state index in [1.165, 1.54) is 18.2 Å². The van der Waals surface area contributed by atoms with E-state index in [1.54, 1.807) is 49.6 Å². The van der Waals surface area contributed by atoms with Gasteiger partial charge in [-0.3, -0.25) is 4.79 Å². The van der Waals surface area contributed by atoms with Gasteiger partial charge in [-0.15, -0.1) is 0 Å². The molecule has 0 radical (unpaired) electrons. The quantitative estimate of drug-likeness (QED) is 0.631. The van der Waals surface area contributed by atoms with E-state index in [-0.39, 0.29) is 11.7 Å². The highest BCUT2D eigenvalue weighted by molar-refractivity contribution is 5.91. The lowest BCUT2D eigenvalue weighted by atomic mass is 10.2. The summed E-state index contributed by atoms with van der Waals surface area (Å²) in [6, 6.07) is 13.4. The molecule has 2 aromatic rings. The second-order valence-electron chi connectivity index (χ2n) is 4.67. The zero-order chi connectivity index (χ0) is 16.5. The molecule has 0 spiro atoms. The fourth-order valence-corrected chi connectivity index (χ4v) is 1.85. The fourth-order valence-electron chi connectivity index (χ4n) is 1.85. The van der Waals surface area contributed by atoms with Crippen LogP contribution in [0, 0.1) is 5.82 Å². The molecule has 4 nitrogen and oxygen atoms in total. The van der Waals surface area contributed by atoms with Crippen LogP contribution in [0.25, 0.3) is 6.08 Å². The third kappa shape index (κ3) is 5.47. The van der Waals surface area contributed by atoms with Gasteiger partial charge in [0.05, 0.1) is 13.7 Å². The molecule has 120 valence electrons. The van der Waals surface area contributed by atoms with Gasteiger partial charge in [0.2, 0.25) is 5.91 Å². The molecule has 5 heteroatoms. The third-order valence-electron chi connectivity index (χ3n) is 3.05. The number of rotatable bonds is 7. The first-order chi connectivity index (χ1) is 11.2. The summed E-state index contributed by atoms with van der Waals surface area (Å²) in [4.78, 5) is 11.6. The third-order valence-corrected chi connectivity index (χ3v) is 3.05. The number of carbonyl (C=O) groups is 1. The Hall–Kier alpha value is -2.82. The molecule has 1 amide bonds. The molecular weight excluding hydrogens is 297 g/mol. The van der Waals surface area contributed by atoms with Gasteiger partial charge < -0.3 is 14.8 Å². The Morgan fingerprint density at radius 1 is 1.13 bits per heavy atom. The number of ether oxygens (including phenoxy) is 2. The molecular formula is C18H18FNO3. The van der Waals surface area contributed by atoms with Crippen molar-refractivity contribution < 1.29 is 18.7 Å². The largest absolute Gasteiger partial charge is 0.497 e. The van der Waals surface area contributed by atoms with Gasteiger partial charge in [0.1, 0.15) is 23.9 Å². The molecule has 0 aromatic heterocycles. The normalized spacial score (nSPS) is 10.5. The highest BCUT2D eigenvalue weighted by atomic mass is 19.1. The predicted molar refractivity (Wildman–Crippen MR) is 86.9 cm³/mol. The number of hydrogen-bond donors (Lipinski definition) is 1. The molecule has 0 aliphatic carbocycles. The molecule has 0 atom stereocenters. The predicted octanol–water partition coefficient (Wildman–Crippen LogP) is 3.04. The first kappa shape index (κ1) is 16.5. The van der Waals surface area contributed by atoms with Crippen LogP contribution in [0.4, 0.5) is 4.39 Å². The van der Waals surface area contributed by atoms with Gasteiger partial charge >= 0.3 is 0 Å². The van der Waals surface area contributed by atoms with Gasteiger partial charge in [-0.05, 0) is 36.4 Å². The van der Waals surface area contributed by atoms with Gasteiger partial charge in [-0.2, -0.15) is 0 Å². The van der Waals surface area contributed by atoms with Crippen LogP contribution in [0.1, 0.15) is 5.56 Å². The topological polar surface area (TPSA) is 47.6 Å². The summed E-state index contributed by atoms with van der Waals surface area (Å²) in [7, 11) is 1.60. The Kier molecular flexibility index (Phi) is 6.17. The molecule has 0 saturated heterocycles. The van der Waals surface area contributed by atoms with Crippen molar-refractivity contribution in [3.05, 3.63) is 66.0 Å². The molecule has 2 rings (SSSR count). The molecule has 0 aliphatic rings. The second-order valence-corrected chi connectivity index (χ2v) is 4.67. The zero-order valence-electron chi connectivity index (χ0n) is 12.8. The van der Waals surface area contributed by atoms with Crippen LogP contribution in [-0.2, 0) is 4.79 Å². The number of methoxy groups -OCH3 is 1. The van der Waals surface area contributed by atoms with E-state index >= 15 is 0 Å². The maximum absolute atomic E-state index is 13.4. The minimum Gasteiger partial charge on any atom is -0.497 e. The summed E-state index contributed by atoms with van der Waals surface area (Å²) in [5.74, 6) is 0.789. The van der Waals surface area contributed by atoms with Crippen molar-refractivity contribution in [2.24, 2.45) is 0 Å². The van der Waals surface area contributed by atoms with Gasteiger partial charge in [-0.1, -0.05) is 18.2 Å². The first-order valence-corrected chi connectivity index (χ1v) is 7.16. The molecule has 0 fully saturated rings. The van der Waals surface area contributed by atoms with Crippen LogP contribution >= 0.6 is 0 Å². The van der Waals surface area contributed by atoms with Crippen molar-refractivity contribution in [3.8, 4) is 11.5 Å². The Labute approximate surface area is 134 Å². The maximum atomic E-state index is 13.4. The Bertz CT molecular complexity index is 668. The molecule has 2 aromatic carbocycles. The lowest BCUT2D eigenvalue weighted by Crippen LogP contribution is -2.26. The van der Waals surface area contributed by atoms with E-state index in [9.17, 15) is 9.18 Å². The van der Waals surface area contributed by atoms with Crippen LogP contribution in [0.15, 0.2) is 54.6 Å². The summed E-state index contributed by atoms with van der Waals surface area (Å²) < 4.78 is 23.9. The van der Waals surface area contributed by atoms with Crippen LogP contribution < -0.4 is 14.8 Å². The molecule has 1 N–H and O–H groups in total. The van der Waals surface area contributed by atoms with Crippen LogP contribution in [0.2, 0.25) is 0 Å². The Morgan fingerprint density at radius 2 is 1.83 bits per heavy atom. The lowest BCUT2D eigenvalue weighted by Gasteiger charge is -2.07. The van der Waals surface area contributed by atoms with Gasteiger partial charge in [0.25, 0.3) is 0 Å². The Morgan fingerprint density at radius 3 is 2.52 bits per heavy atom. The summed E-state index contributed by atoms with van der Waals surface area (Å²) in [6.45, 7) is 0.693. The molecule has 0 unspecified atom stereocenters. The second kappa shape index (κ2) is 8.58. The van der Waals surface area contributed by atoms with Crippen LogP contribution in [-0.4, -0.2) is 26.2 Å². The number of nitrogens with one attached hydrogen (secondary N) is 1. The average molecular weight is 315 g/mol. The van der Waals surface area contributed by atoms with Gasteiger partial charge in [0.15, 0.2) is 0 Å². The number of benzene rings is 2. The average Bonchev–Trinajstić information content (AvgIpc) is 2.58. The van der Waals surface area contributed by atoms with E-state index in [0.717, 1.165) is 5.75 Å². The van der Waals surface area contributed by atoms with Gasteiger partial charge in [-0.25, -0.2) is 4.39 Å².